The smallest absolute Gasteiger partial charge is 0.335 e. The van der Waals surface area contributed by atoms with Gasteiger partial charge in [0.05, 0.1) is 11.1 Å². The summed E-state index contributed by atoms with van der Waals surface area (Å²) in [5, 5.41) is 19.7. The van der Waals surface area contributed by atoms with E-state index in [1.807, 2.05) is 32.9 Å². The quantitative estimate of drug-likeness (QED) is 0.467. The van der Waals surface area contributed by atoms with Gasteiger partial charge in [-0.3, -0.25) is 9.78 Å². The Labute approximate surface area is 187 Å². The van der Waals surface area contributed by atoms with Crippen molar-refractivity contribution in [2.24, 2.45) is 5.41 Å². The second-order valence-corrected chi connectivity index (χ2v) is 9.00. The number of benzene rings is 2. The fourth-order valence-electron chi connectivity index (χ4n) is 3.36. The molecule has 0 radical (unpaired) electrons. The van der Waals surface area contributed by atoms with E-state index >= 15 is 0 Å². The Morgan fingerprint density at radius 2 is 1.78 bits per heavy atom. The number of Topliss-reactive ketones (excluding diaryl/α,β-unsaturated/α-hetero) is 1. The zero-order valence-corrected chi connectivity index (χ0v) is 18.7. The molecule has 0 amide bonds. The second kappa shape index (κ2) is 9.22. The van der Waals surface area contributed by atoms with Gasteiger partial charge in [-0.05, 0) is 48.2 Å². The number of phenols is 1. The molecular weight excluding hydrogens is 406 g/mol. The van der Waals surface area contributed by atoms with Gasteiger partial charge in [0.25, 0.3) is 0 Å². The first-order chi connectivity index (χ1) is 15.0. The number of aromatic carboxylic acids is 1. The SMILES string of the molecule is Cc1c(OCc2cncc(-c3cccc(C(=O)O)c3)c2)ccc(C(=O)CC(C)(C)C)c1O. The molecule has 0 bridgehead atoms. The van der Waals surface area contributed by atoms with Crippen LogP contribution in [0, 0.1) is 12.3 Å². The van der Waals surface area contributed by atoms with E-state index in [2.05, 4.69) is 4.98 Å². The third kappa shape index (κ3) is 5.52. The van der Waals surface area contributed by atoms with E-state index in [9.17, 15) is 19.8 Å². The molecule has 2 N–H and O–H groups in total. The molecule has 1 aromatic heterocycles. The topological polar surface area (TPSA) is 96.7 Å². The fourth-order valence-corrected chi connectivity index (χ4v) is 3.36. The number of hydrogen-bond donors (Lipinski definition) is 2. The Kier molecular flexibility index (Phi) is 6.63. The van der Waals surface area contributed by atoms with Gasteiger partial charge in [-0.1, -0.05) is 32.9 Å². The first-order valence-electron chi connectivity index (χ1n) is 10.3. The maximum absolute atomic E-state index is 12.5. The number of carbonyl (C=O) groups excluding carboxylic acids is 1. The molecule has 0 aliphatic carbocycles. The average Bonchev–Trinajstić information content (AvgIpc) is 2.73. The standard InChI is InChI=1S/C26H27NO5/c1-16-23(9-8-21(24(16)29)22(28)12-26(2,3)4)32-15-17-10-20(14-27-13-17)18-6-5-7-19(11-18)25(30)31/h5-11,13-14,29H,12,15H2,1-4H3,(H,30,31). The zero-order valence-electron chi connectivity index (χ0n) is 18.7. The number of carboxylic acid groups (broad SMARTS) is 1. The molecule has 0 atom stereocenters. The van der Waals surface area contributed by atoms with Crippen LogP contribution >= 0.6 is 0 Å². The number of phenolic OH excluding ortho intramolecular Hbond substituents is 1. The van der Waals surface area contributed by atoms with Crippen molar-refractivity contribution in [1.82, 2.24) is 4.98 Å². The van der Waals surface area contributed by atoms with Crippen LogP contribution in [0.15, 0.2) is 54.9 Å². The van der Waals surface area contributed by atoms with Gasteiger partial charge in [0.1, 0.15) is 18.1 Å². The second-order valence-electron chi connectivity index (χ2n) is 9.00. The lowest BCUT2D eigenvalue weighted by Gasteiger charge is -2.18. The molecule has 0 unspecified atom stereocenters. The van der Waals surface area contributed by atoms with E-state index in [0.717, 1.165) is 16.7 Å². The maximum Gasteiger partial charge on any atom is 0.335 e. The Hall–Kier alpha value is -3.67. The summed E-state index contributed by atoms with van der Waals surface area (Å²) in [5.74, 6) is -0.675. The molecule has 0 saturated carbocycles. The largest absolute Gasteiger partial charge is 0.507 e. The van der Waals surface area contributed by atoms with Crippen LogP contribution in [0.5, 0.6) is 11.5 Å². The predicted octanol–water partition coefficient (Wildman–Crippen LogP) is 5.66. The summed E-state index contributed by atoms with van der Waals surface area (Å²) in [7, 11) is 0. The number of aromatic hydroxyl groups is 1. The van der Waals surface area contributed by atoms with Gasteiger partial charge in [0.2, 0.25) is 0 Å². The van der Waals surface area contributed by atoms with Crippen molar-refractivity contribution in [1.29, 1.82) is 0 Å². The molecule has 0 aliphatic heterocycles. The van der Waals surface area contributed by atoms with Crippen LogP contribution in [-0.2, 0) is 6.61 Å². The molecule has 3 rings (SSSR count). The van der Waals surface area contributed by atoms with Crippen LogP contribution in [0.1, 0.15) is 59.0 Å². The summed E-state index contributed by atoms with van der Waals surface area (Å²) in [5.41, 5.74) is 3.14. The third-order valence-electron chi connectivity index (χ3n) is 5.00. The number of nitrogens with zero attached hydrogens (tertiary/aromatic N) is 1. The minimum atomic E-state index is -0.987. The number of carboxylic acids is 1. The summed E-state index contributed by atoms with van der Waals surface area (Å²) in [6.07, 6.45) is 3.67. The highest BCUT2D eigenvalue weighted by Crippen LogP contribution is 2.33. The summed E-state index contributed by atoms with van der Waals surface area (Å²) in [4.78, 5) is 28.0. The van der Waals surface area contributed by atoms with Crippen LogP contribution in [0.25, 0.3) is 11.1 Å². The number of ketones is 1. The summed E-state index contributed by atoms with van der Waals surface area (Å²) >= 11 is 0. The lowest BCUT2D eigenvalue weighted by molar-refractivity contribution is 0.0696. The predicted molar refractivity (Wildman–Crippen MR) is 122 cm³/mol. The van der Waals surface area contributed by atoms with E-state index in [1.54, 1.807) is 43.6 Å². The molecule has 2 aromatic carbocycles. The van der Waals surface area contributed by atoms with Gasteiger partial charge < -0.3 is 14.9 Å². The van der Waals surface area contributed by atoms with Crippen LogP contribution in [0.4, 0.5) is 0 Å². The molecule has 6 nitrogen and oxygen atoms in total. The third-order valence-corrected chi connectivity index (χ3v) is 5.00. The Morgan fingerprint density at radius 3 is 2.47 bits per heavy atom. The number of ether oxygens (including phenoxy) is 1. The van der Waals surface area contributed by atoms with Gasteiger partial charge in [-0.25, -0.2) is 4.79 Å². The lowest BCUT2D eigenvalue weighted by Crippen LogP contribution is -2.13. The molecule has 3 aromatic rings. The molecule has 32 heavy (non-hydrogen) atoms. The molecular formula is C26H27NO5. The molecule has 0 saturated heterocycles. The van der Waals surface area contributed by atoms with E-state index < -0.39 is 5.97 Å². The first-order valence-corrected chi connectivity index (χ1v) is 10.3. The lowest BCUT2D eigenvalue weighted by atomic mass is 9.87. The van der Waals surface area contributed by atoms with Crippen molar-refractivity contribution in [2.45, 2.75) is 40.7 Å². The van der Waals surface area contributed by atoms with E-state index in [-0.39, 0.29) is 29.1 Å². The van der Waals surface area contributed by atoms with Crippen molar-refractivity contribution >= 4 is 11.8 Å². The Morgan fingerprint density at radius 1 is 1.03 bits per heavy atom. The van der Waals surface area contributed by atoms with Gasteiger partial charge in [-0.15, -0.1) is 0 Å². The minimum Gasteiger partial charge on any atom is -0.507 e. The van der Waals surface area contributed by atoms with Crippen molar-refractivity contribution in [3.05, 3.63) is 77.1 Å². The van der Waals surface area contributed by atoms with Crippen molar-refractivity contribution < 1.29 is 24.5 Å². The molecule has 6 heteroatoms. The van der Waals surface area contributed by atoms with Crippen molar-refractivity contribution in [3.63, 3.8) is 0 Å². The van der Waals surface area contributed by atoms with Gasteiger partial charge in [-0.2, -0.15) is 0 Å². The zero-order chi connectivity index (χ0) is 23.5. The van der Waals surface area contributed by atoms with Crippen molar-refractivity contribution in [3.8, 4) is 22.6 Å². The summed E-state index contributed by atoms with van der Waals surface area (Å²) < 4.78 is 5.89. The summed E-state index contributed by atoms with van der Waals surface area (Å²) in [6, 6.07) is 11.8. The average molecular weight is 434 g/mol. The van der Waals surface area contributed by atoms with Crippen LogP contribution in [0.3, 0.4) is 0 Å². The van der Waals surface area contributed by atoms with Crippen LogP contribution < -0.4 is 4.74 Å². The molecule has 1 heterocycles. The van der Waals surface area contributed by atoms with Crippen molar-refractivity contribution in [2.75, 3.05) is 0 Å². The highest BCUT2D eigenvalue weighted by atomic mass is 16.5. The Bertz CT molecular complexity index is 1160. The normalized spacial score (nSPS) is 11.2. The van der Waals surface area contributed by atoms with E-state index in [4.69, 9.17) is 4.74 Å². The van der Waals surface area contributed by atoms with Gasteiger partial charge in [0, 0.05) is 35.5 Å². The number of pyridine rings is 1. The van der Waals surface area contributed by atoms with E-state index in [1.165, 1.54) is 6.07 Å². The molecule has 166 valence electrons. The van der Waals surface area contributed by atoms with Crippen LogP contribution in [-0.4, -0.2) is 26.9 Å². The maximum atomic E-state index is 12.5. The molecule has 0 aliphatic rings. The summed E-state index contributed by atoms with van der Waals surface area (Å²) in [6.45, 7) is 7.85. The minimum absolute atomic E-state index is 0.0610. The van der Waals surface area contributed by atoms with Gasteiger partial charge >= 0.3 is 5.97 Å². The molecule has 0 fully saturated rings. The monoisotopic (exact) mass is 433 g/mol. The highest BCUT2D eigenvalue weighted by molar-refractivity contribution is 5.99. The fraction of sp³-hybridized carbons (Fsp3) is 0.269. The highest BCUT2D eigenvalue weighted by Gasteiger charge is 2.21. The van der Waals surface area contributed by atoms with Crippen LogP contribution in [0.2, 0.25) is 0 Å². The first kappa shape index (κ1) is 23.0. The van der Waals surface area contributed by atoms with Gasteiger partial charge in [0.15, 0.2) is 5.78 Å². The number of rotatable bonds is 7. The number of aromatic nitrogens is 1. The number of hydrogen-bond acceptors (Lipinski definition) is 5. The molecule has 0 spiro atoms. The van der Waals surface area contributed by atoms with E-state index in [0.29, 0.717) is 23.3 Å². The number of carbonyl (C=O) groups is 2. The Balaban J connectivity index is 1.77.